The van der Waals surface area contributed by atoms with Crippen LogP contribution >= 0.6 is 0 Å². The quantitative estimate of drug-likeness (QED) is 0.909. The van der Waals surface area contributed by atoms with Crippen molar-refractivity contribution in [1.82, 2.24) is 4.90 Å². The molecule has 2 aromatic rings. The van der Waals surface area contributed by atoms with Crippen LogP contribution in [-0.2, 0) is 6.54 Å². The van der Waals surface area contributed by atoms with Crippen molar-refractivity contribution in [2.75, 3.05) is 13.1 Å². The predicted octanol–water partition coefficient (Wildman–Crippen LogP) is 2.40. The van der Waals surface area contributed by atoms with Crippen LogP contribution in [0.2, 0.25) is 0 Å². The third kappa shape index (κ3) is 2.61. The van der Waals surface area contributed by atoms with Crippen LogP contribution in [0.15, 0.2) is 47.5 Å². The lowest BCUT2D eigenvalue weighted by atomic mass is 10.1. The minimum atomic E-state index is 0.469. The third-order valence-corrected chi connectivity index (χ3v) is 3.69. The summed E-state index contributed by atoms with van der Waals surface area (Å²) in [5, 5.41) is 2.59. The summed E-state index contributed by atoms with van der Waals surface area (Å²) in [5.41, 5.74) is 6.98. The molecule has 0 bridgehead atoms. The van der Waals surface area contributed by atoms with Gasteiger partial charge >= 0.3 is 0 Å². The van der Waals surface area contributed by atoms with Gasteiger partial charge in [0.2, 0.25) is 0 Å². The molecule has 0 radical (unpaired) electrons. The van der Waals surface area contributed by atoms with Crippen molar-refractivity contribution in [2.24, 2.45) is 10.7 Å². The summed E-state index contributed by atoms with van der Waals surface area (Å²) in [6, 6.07) is 15.6. The minimum absolute atomic E-state index is 0.469. The van der Waals surface area contributed by atoms with Crippen molar-refractivity contribution in [3.05, 3.63) is 48.0 Å². The van der Waals surface area contributed by atoms with E-state index < -0.39 is 0 Å². The molecule has 1 heterocycles. The Labute approximate surface area is 113 Å². The van der Waals surface area contributed by atoms with Crippen molar-refractivity contribution in [3.8, 4) is 0 Å². The number of nitrogens with zero attached hydrogens (tertiary/aromatic N) is 2. The van der Waals surface area contributed by atoms with Gasteiger partial charge in [0.05, 0.1) is 18.9 Å². The number of hydrogen-bond donors (Lipinski definition) is 1. The highest BCUT2D eigenvalue weighted by atomic mass is 15.2. The third-order valence-electron chi connectivity index (χ3n) is 3.69. The lowest BCUT2D eigenvalue weighted by Gasteiger charge is -2.23. The van der Waals surface area contributed by atoms with E-state index in [1.54, 1.807) is 0 Å². The van der Waals surface area contributed by atoms with E-state index in [2.05, 4.69) is 52.4 Å². The van der Waals surface area contributed by atoms with Crippen LogP contribution < -0.4 is 5.73 Å². The Bertz CT molecular complexity index is 591. The zero-order chi connectivity index (χ0) is 13.1. The van der Waals surface area contributed by atoms with Crippen molar-refractivity contribution in [1.29, 1.82) is 0 Å². The van der Waals surface area contributed by atoms with Crippen LogP contribution in [-0.4, -0.2) is 30.4 Å². The average Bonchev–Trinajstić information content (AvgIpc) is 2.86. The van der Waals surface area contributed by atoms with E-state index in [1.165, 1.54) is 16.3 Å². The molecule has 1 aliphatic rings. The highest BCUT2D eigenvalue weighted by Gasteiger charge is 2.19. The molecule has 3 nitrogen and oxygen atoms in total. The molecule has 0 fully saturated rings. The van der Waals surface area contributed by atoms with Gasteiger partial charge in [-0.15, -0.1) is 0 Å². The van der Waals surface area contributed by atoms with Crippen LogP contribution in [0.1, 0.15) is 12.0 Å². The number of aliphatic imine (C=N–C) groups is 1. The van der Waals surface area contributed by atoms with E-state index in [0.29, 0.717) is 6.04 Å². The number of fused-ring (bicyclic) bond motifs is 1. The first-order valence-electron chi connectivity index (χ1n) is 6.80. The molecule has 3 rings (SSSR count). The van der Waals surface area contributed by atoms with Crippen LogP contribution in [0.5, 0.6) is 0 Å². The van der Waals surface area contributed by atoms with E-state index in [0.717, 1.165) is 26.1 Å². The standard InChI is InChI=1S/C16H19N3/c17-8-7-16-10-18-12-19(16)11-13-5-6-14-3-1-2-4-15(14)9-13/h1-6,9,12,16H,7-8,10-11,17H2. The Morgan fingerprint density at radius 2 is 2.00 bits per heavy atom. The van der Waals surface area contributed by atoms with Crippen molar-refractivity contribution >= 4 is 17.1 Å². The Morgan fingerprint density at radius 3 is 2.84 bits per heavy atom. The van der Waals surface area contributed by atoms with E-state index in [9.17, 15) is 0 Å². The Morgan fingerprint density at radius 1 is 1.16 bits per heavy atom. The molecular weight excluding hydrogens is 234 g/mol. The van der Waals surface area contributed by atoms with Crippen LogP contribution in [0.4, 0.5) is 0 Å². The first kappa shape index (κ1) is 12.2. The summed E-state index contributed by atoms with van der Waals surface area (Å²) in [5.74, 6) is 0. The summed E-state index contributed by atoms with van der Waals surface area (Å²) in [7, 11) is 0. The van der Waals surface area contributed by atoms with Gasteiger partial charge < -0.3 is 10.6 Å². The summed E-state index contributed by atoms with van der Waals surface area (Å²) in [4.78, 5) is 6.67. The first-order chi connectivity index (χ1) is 9.36. The Kier molecular flexibility index (Phi) is 3.47. The molecule has 1 aliphatic heterocycles. The lowest BCUT2D eigenvalue weighted by Crippen LogP contribution is -2.32. The van der Waals surface area contributed by atoms with Gasteiger partial charge in [0.1, 0.15) is 0 Å². The normalized spacial score (nSPS) is 18.4. The summed E-state index contributed by atoms with van der Waals surface area (Å²) in [6.45, 7) is 2.52. The number of benzene rings is 2. The van der Waals surface area contributed by atoms with Crippen molar-refractivity contribution < 1.29 is 0 Å². The number of nitrogens with two attached hydrogens (primary N) is 1. The van der Waals surface area contributed by atoms with E-state index in [1.807, 2.05) is 6.34 Å². The van der Waals surface area contributed by atoms with Crippen molar-refractivity contribution in [2.45, 2.75) is 19.0 Å². The van der Waals surface area contributed by atoms with Gasteiger partial charge in [0, 0.05) is 6.54 Å². The molecule has 98 valence electrons. The van der Waals surface area contributed by atoms with Gasteiger partial charge in [-0.05, 0) is 35.4 Å². The van der Waals surface area contributed by atoms with Crippen LogP contribution in [0.3, 0.4) is 0 Å². The second-order valence-corrected chi connectivity index (χ2v) is 5.07. The first-order valence-corrected chi connectivity index (χ1v) is 6.80. The second kappa shape index (κ2) is 5.41. The zero-order valence-corrected chi connectivity index (χ0v) is 11.0. The van der Waals surface area contributed by atoms with E-state index in [4.69, 9.17) is 5.73 Å². The smallest absolute Gasteiger partial charge is 0.0856 e. The summed E-state index contributed by atoms with van der Waals surface area (Å²) >= 11 is 0. The summed E-state index contributed by atoms with van der Waals surface area (Å²) in [6.07, 6.45) is 2.98. The van der Waals surface area contributed by atoms with Gasteiger partial charge in [-0.25, -0.2) is 0 Å². The highest BCUT2D eigenvalue weighted by Crippen LogP contribution is 2.19. The molecule has 1 unspecified atom stereocenters. The van der Waals surface area contributed by atoms with Crippen molar-refractivity contribution in [3.63, 3.8) is 0 Å². The average molecular weight is 253 g/mol. The van der Waals surface area contributed by atoms with E-state index in [-0.39, 0.29) is 0 Å². The van der Waals surface area contributed by atoms with Gasteiger partial charge in [-0.1, -0.05) is 36.4 Å². The molecule has 0 spiro atoms. The lowest BCUT2D eigenvalue weighted by molar-refractivity contribution is 0.330. The molecule has 0 saturated heterocycles. The fourth-order valence-electron chi connectivity index (χ4n) is 2.64. The molecule has 19 heavy (non-hydrogen) atoms. The predicted molar refractivity (Wildman–Crippen MR) is 80.3 cm³/mol. The minimum Gasteiger partial charge on any atom is -0.354 e. The molecule has 1 atom stereocenters. The van der Waals surface area contributed by atoms with Gasteiger partial charge in [0.15, 0.2) is 0 Å². The second-order valence-electron chi connectivity index (χ2n) is 5.07. The van der Waals surface area contributed by atoms with Gasteiger partial charge in [0.25, 0.3) is 0 Å². The Hall–Kier alpha value is -1.87. The molecule has 0 aliphatic carbocycles. The largest absolute Gasteiger partial charge is 0.354 e. The monoisotopic (exact) mass is 253 g/mol. The molecule has 3 heteroatoms. The number of rotatable bonds is 4. The van der Waals surface area contributed by atoms with Crippen LogP contribution in [0, 0.1) is 0 Å². The zero-order valence-electron chi connectivity index (χ0n) is 11.0. The molecule has 2 aromatic carbocycles. The number of hydrogen-bond acceptors (Lipinski definition) is 3. The molecule has 0 amide bonds. The maximum atomic E-state index is 5.66. The maximum absolute atomic E-state index is 5.66. The fraction of sp³-hybridized carbons (Fsp3) is 0.312. The molecule has 0 aromatic heterocycles. The Balaban J connectivity index is 1.79. The highest BCUT2D eigenvalue weighted by molar-refractivity contribution is 5.83. The van der Waals surface area contributed by atoms with Gasteiger partial charge in [-0.2, -0.15) is 0 Å². The summed E-state index contributed by atoms with van der Waals surface area (Å²) < 4.78 is 0. The van der Waals surface area contributed by atoms with Crippen LogP contribution in [0.25, 0.3) is 10.8 Å². The molecule has 0 saturated carbocycles. The van der Waals surface area contributed by atoms with Gasteiger partial charge in [-0.3, -0.25) is 4.99 Å². The fourth-order valence-corrected chi connectivity index (χ4v) is 2.64. The topological polar surface area (TPSA) is 41.6 Å². The molecular formula is C16H19N3. The maximum Gasteiger partial charge on any atom is 0.0856 e. The van der Waals surface area contributed by atoms with E-state index >= 15 is 0 Å². The SMILES string of the molecule is NCCC1CN=CN1Cc1ccc2ccccc2c1. The molecule has 2 N–H and O–H groups in total.